The maximum atomic E-state index is 12.9. The molecular weight excluding hydrogens is 550 g/mol. The van der Waals surface area contributed by atoms with Crippen LogP contribution in [0.25, 0.3) is 11.1 Å². The van der Waals surface area contributed by atoms with E-state index in [-0.39, 0.29) is 16.6 Å². The lowest BCUT2D eigenvalue weighted by Gasteiger charge is -2.27. The summed E-state index contributed by atoms with van der Waals surface area (Å²) in [6.45, 7) is 0.997. The van der Waals surface area contributed by atoms with Crippen molar-refractivity contribution in [2.75, 3.05) is 13.1 Å². The SMILES string of the molecule is O=C(NS(=O)(=O)c1cccc(-c2ccc3c(c2)CCC(CNCC(O)c2cccnc2)O3)c1)c1ccc(Cl)cc1. The molecule has 40 heavy (non-hydrogen) atoms. The maximum Gasteiger partial charge on any atom is 0.264 e. The Kier molecular flexibility index (Phi) is 8.46. The van der Waals surface area contributed by atoms with E-state index in [0.717, 1.165) is 35.3 Å². The van der Waals surface area contributed by atoms with E-state index < -0.39 is 22.0 Å². The van der Waals surface area contributed by atoms with E-state index in [1.165, 1.54) is 30.3 Å². The van der Waals surface area contributed by atoms with E-state index >= 15 is 0 Å². The average Bonchev–Trinajstić information content (AvgIpc) is 2.97. The van der Waals surface area contributed by atoms with Gasteiger partial charge in [0.2, 0.25) is 0 Å². The van der Waals surface area contributed by atoms with Crippen LogP contribution in [0.15, 0.2) is 96.2 Å². The van der Waals surface area contributed by atoms with Crippen LogP contribution in [0.3, 0.4) is 0 Å². The highest BCUT2D eigenvalue weighted by Crippen LogP contribution is 2.32. The Morgan fingerprint density at radius 1 is 1.05 bits per heavy atom. The van der Waals surface area contributed by atoms with E-state index in [2.05, 4.69) is 15.0 Å². The summed E-state index contributed by atoms with van der Waals surface area (Å²) in [6, 6.07) is 21.9. The van der Waals surface area contributed by atoms with Crippen LogP contribution in [0.1, 0.15) is 34.0 Å². The third-order valence-electron chi connectivity index (χ3n) is 6.68. The maximum absolute atomic E-state index is 12.9. The number of hydrogen-bond donors (Lipinski definition) is 3. The Morgan fingerprint density at radius 2 is 1.85 bits per heavy atom. The molecule has 5 rings (SSSR count). The third kappa shape index (κ3) is 6.68. The summed E-state index contributed by atoms with van der Waals surface area (Å²) >= 11 is 5.85. The molecule has 0 saturated heterocycles. The summed E-state index contributed by atoms with van der Waals surface area (Å²) < 4.78 is 34.2. The molecule has 1 aliphatic heterocycles. The quantitative estimate of drug-likeness (QED) is 0.267. The van der Waals surface area contributed by atoms with Crippen molar-refractivity contribution in [3.05, 3.63) is 113 Å². The number of nitrogens with one attached hydrogen (secondary N) is 2. The molecule has 1 aromatic heterocycles. The highest BCUT2D eigenvalue weighted by atomic mass is 35.5. The minimum atomic E-state index is -4.09. The van der Waals surface area contributed by atoms with Crippen molar-refractivity contribution in [3.63, 3.8) is 0 Å². The van der Waals surface area contributed by atoms with E-state index in [4.69, 9.17) is 16.3 Å². The molecule has 0 fully saturated rings. The van der Waals surface area contributed by atoms with Crippen LogP contribution in [-0.2, 0) is 16.4 Å². The topological polar surface area (TPSA) is 118 Å². The zero-order chi connectivity index (χ0) is 28.1. The number of benzene rings is 3. The Balaban J connectivity index is 1.22. The van der Waals surface area contributed by atoms with Crippen molar-refractivity contribution in [1.29, 1.82) is 0 Å². The van der Waals surface area contributed by atoms with E-state index in [0.29, 0.717) is 23.7 Å². The minimum absolute atomic E-state index is 0.0131. The highest BCUT2D eigenvalue weighted by Gasteiger charge is 2.22. The summed E-state index contributed by atoms with van der Waals surface area (Å²) in [6.07, 6.45) is 4.26. The number of rotatable bonds is 9. The molecule has 4 aromatic rings. The number of aliphatic hydroxyl groups excluding tert-OH is 1. The van der Waals surface area contributed by atoms with E-state index in [1.807, 2.05) is 30.3 Å². The number of hydrogen-bond acceptors (Lipinski definition) is 7. The fourth-order valence-electron chi connectivity index (χ4n) is 4.52. The van der Waals surface area contributed by atoms with Crippen LogP contribution in [-0.4, -0.2) is 43.6 Å². The number of aromatic nitrogens is 1. The molecule has 1 aliphatic rings. The van der Waals surface area contributed by atoms with Gasteiger partial charge in [0, 0.05) is 41.6 Å². The monoisotopic (exact) mass is 577 g/mol. The molecule has 10 heteroatoms. The van der Waals surface area contributed by atoms with Gasteiger partial charge < -0.3 is 15.2 Å². The summed E-state index contributed by atoms with van der Waals surface area (Å²) in [5, 5.41) is 14.0. The lowest BCUT2D eigenvalue weighted by atomic mass is 9.97. The first-order valence-corrected chi connectivity index (χ1v) is 14.7. The Hall–Kier alpha value is -3.76. The fraction of sp³-hybridized carbons (Fsp3) is 0.200. The van der Waals surface area contributed by atoms with Crippen molar-refractivity contribution in [3.8, 4) is 16.9 Å². The van der Waals surface area contributed by atoms with Crippen LogP contribution < -0.4 is 14.8 Å². The number of sulfonamides is 1. The van der Waals surface area contributed by atoms with Gasteiger partial charge in [0.05, 0.1) is 11.0 Å². The summed E-state index contributed by atoms with van der Waals surface area (Å²) in [5.41, 5.74) is 3.54. The minimum Gasteiger partial charge on any atom is -0.489 e. The van der Waals surface area contributed by atoms with Gasteiger partial charge in [-0.05, 0) is 84.1 Å². The molecular formula is C30H28ClN3O5S. The predicted octanol–water partition coefficient (Wildman–Crippen LogP) is 4.54. The number of carbonyl (C=O) groups excluding carboxylic acids is 1. The first-order chi connectivity index (χ1) is 19.3. The molecule has 8 nitrogen and oxygen atoms in total. The van der Waals surface area contributed by atoms with Crippen molar-refractivity contribution >= 4 is 27.5 Å². The Labute approximate surface area is 238 Å². The third-order valence-corrected chi connectivity index (χ3v) is 8.26. The van der Waals surface area contributed by atoms with Gasteiger partial charge in [-0.15, -0.1) is 0 Å². The van der Waals surface area contributed by atoms with Gasteiger partial charge in [0.25, 0.3) is 15.9 Å². The van der Waals surface area contributed by atoms with Crippen LogP contribution >= 0.6 is 11.6 Å². The molecule has 0 aliphatic carbocycles. The second-order valence-electron chi connectivity index (χ2n) is 9.53. The molecule has 3 N–H and O–H groups in total. The second-order valence-corrected chi connectivity index (χ2v) is 11.6. The molecule has 0 radical (unpaired) electrons. The van der Waals surface area contributed by atoms with Gasteiger partial charge in [0.1, 0.15) is 11.9 Å². The van der Waals surface area contributed by atoms with Gasteiger partial charge in [-0.1, -0.05) is 35.9 Å². The number of ether oxygens (including phenoxy) is 1. The number of fused-ring (bicyclic) bond motifs is 1. The molecule has 2 unspecified atom stereocenters. The van der Waals surface area contributed by atoms with Crippen LogP contribution in [0.2, 0.25) is 5.02 Å². The second kappa shape index (κ2) is 12.2. The largest absolute Gasteiger partial charge is 0.489 e. The van der Waals surface area contributed by atoms with Gasteiger partial charge in [-0.25, -0.2) is 13.1 Å². The smallest absolute Gasteiger partial charge is 0.264 e. The molecule has 0 bridgehead atoms. The van der Waals surface area contributed by atoms with Gasteiger partial charge in [-0.3, -0.25) is 9.78 Å². The molecule has 0 spiro atoms. The first kappa shape index (κ1) is 27.8. The van der Waals surface area contributed by atoms with Gasteiger partial charge in [-0.2, -0.15) is 0 Å². The van der Waals surface area contributed by atoms with Gasteiger partial charge >= 0.3 is 0 Å². The standard InChI is InChI=1S/C30H28ClN3O5S/c31-25-10-6-20(7-11-25)30(36)34-40(37,38)27-5-1-3-21(16-27)22-9-13-29-23(15-22)8-12-26(39-29)18-33-19-28(35)24-4-2-14-32-17-24/h1-7,9-11,13-17,26,28,33,35H,8,12,18-19H2,(H,34,36). The van der Waals surface area contributed by atoms with E-state index in [9.17, 15) is 18.3 Å². The average molecular weight is 578 g/mol. The zero-order valence-electron chi connectivity index (χ0n) is 21.5. The van der Waals surface area contributed by atoms with E-state index in [1.54, 1.807) is 30.6 Å². The number of aliphatic hydroxyl groups is 1. The van der Waals surface area contributed by atoms with Crippen molar-refractivity contribution < 1.29 is 23.1 Å². The summed E-state index contributed by atoms with van der Waals surface area (Å²) in [5.74, 6) is 0.0530. The van der Waals surface area contributed by atoms with Gasteiger partial charge in [0.15, 0.2) is 0 Å². The number of pyridine rings is 1. The van der Waals surface area contributed by atoms with Crippen molar-refractivity contribution in [1.82, 2.24) is 15.0 Å². The lowest BCUT2D eigenvalue weighted by Crippen LogP contribution is -2.36. The van der Waals surface area contributed by atoms with Crippen molar-refractivity contribution in [2.45, 2.75) is 29.9 Å². The fourth-order valence-corrected chi connectivity index (χ4v) is 5.67. The number of halogens is 1. The van der Waals surface area contributed by atoms with Crippen LogP contribution in [0.4, 0.5) is 0 Å². The molecule has 2 atom stereocenters. The van der Waals surface area contributed by atoms with Crippen LogP contribution in [0, 0.1) is 0 Å². The first-order valence-electron chi connectivity index (χ1n) is 12.8. The molecule has 1 amide bonds. The normalized spacial score (nSPS) is 15.5. The Bertz CT molecular complexity index is 1600. The molecule has 206 valence electrons. The molecule has 2 heterocycles. The van der Waals surface area contributed by atoms with Crippen molar-refractivity contribution in [2.24, 2.45) is 0 Å². The number of amides is 1. The highest BCUT2D eigenvalue weighted by molar-refractivity contribution is 7.90. The Morgan fingerprint density at radius 3 is 2.62 bits per heavy atom. The van der Waals surface area contributed by atoms with Crippen LogP contribution in [0.5, 0.6) is 5.75 Å². The number of nitrogens with zero attached hydrogens (tertiary/aromatic N) is 1. The number of carbonyl (C=O) groups is 1. The summed E-state index contributed by atoms with van der Waals surface area (Å²) in [4.78, 5) is 16.5. The predicted molar refractivity (Wildman–Crippen MR) is 153 cm³/mol. The zero-order valence-corrected chi connectivity index (χ0v) is 23.0. The summed E-state index contributed by atoms with van der Waals surface area (Å²) in [7, 11) is -4.09. The number of aryl methyl sites for hydroxylation is 1. The lowest BCUT2D eigenvalue weighted by molar-refractivity contribution is 0.0981. The molecule has 3 aromatic carbocycles. The molecule has 0 saturated carbocycles.